The molecule has 0 atom stereocenters. The molecule has 1 aliphatic rings. The van der Waals surface area contributed by atoms with Crippen molar-refractivity contribution in [2.45, 2.75) is 26.2 Å². The summed E-state index contributed by atoms with van der Waals surface area (Å²) in [5.74, 6) is 1.75. The van der Waals surface area contributed by atoms with Crippen LogP contribution in [0.2, 0.25) is 0 Å². The second kappa shape index (κ2) is 9.49. The Bertz CT molecular complexity index is 963. The molecule has 1 N–H and O–H groups in total. The molecule has 3 heterocycles. The lowest BCUT2D eigenvalue weighted by atomic mass is 10.1. The zero-order valence-corrected chi connectivity index (χ0v) is 17.0. The van der Waals surface area contributed by atoms with E-state index >= 15 is 0 Å². The summed E-state index contributed by atoms with van der Waals surface area (Å²) in [6.45, 7) is 5.19. The van der Waals surface area contributed by atoms with Crippen LogP contribution in [0, 0.1) is 0 Å². The highest BCUT2D eigenvalue weighted by atomic mass is 16.5. The first kappa shape index (κ1) is 20.0. The van der Waals surface area contributed by atoms with Crippen LogP contribution in [-0.4, -0.2) is 47.3 Å². The summed E-state index contributed by atoms with van der Waals surface area (Å²) in [4.78, 5) is 23.3. The first-order chi connectivity index (χ1) is 14.7. The van der Waals surface area contributed by atoms with Gasteiger partial charge in [0.2, 0.25) is 17.6 Å². The molecule has 30 heavy (non-hydrogen) atoms. The summed E-state index contributed by atoms with van der Waals surface area (Å²) < 4.78 is 10.6. The van der Waals surface area contributed by atoms with Crippen LogP contribution in [0.25, 0.3) is 11.4 Å². The van der Waals surface area contributed by atoms with E-state index in [0.29, 0.717) is 37.0 Å². The largest absolute Gasteiger partial charge is 0.378 e. The van der Waals surface area contributed by atoms with Crippen LogP contribution in [0.5, 0.6) is 0 Å². The van der Waals surface area contributed by atoms with Crippen LogP contribution >= 0.6 is 0 Å². The van der Waals surface area contributed by atoms with E-state index < -0.39 is 0 Å². The number of aromatic nitrogens is 3. The summed E-state index contributed by atoms with van der Waals surface area (Å²) in [5, 5.41) is 6.88. The van der Waals surface area contributed by atoms with E-state index in [0.717, 1.165) is 30.9 Å². The quantitative estimate of drug-likeness (QED) is 0.643. The minimum absolute atomic E-state index is 0.122. The monoisotopic (exact) mass is 407 g/mol. The number of rotatable bonds is 7. The number of amides is 1. The summed E-state index contributed by atoms with van der Waals surface area (Å²) in [6, 6.07) is 11.8. The number of hydrogen-bond donors (Lipinski definition) is 1. The normalized spacial score (nSPS) is 14.0. The van der Waals surface area contributed by atoms with Gasteiger partial charge in [0.15, 0.2) is 0 Å². The average Bonchev–Trinajstić information content (AvgIpc) is 3.28. The fourth-order valence-electron chi connectivity index (χ4n) is 3.25. The standard InChI is InChI=1S/C22H25N5O3/c1-2-16-3-5-17(6-4-16)22-25-21(30-26-22)10-9-20(28)24-18-7-8-19(23-15-18)27-11-13-29-14-12-27/h3-8,15H,2,9-14H2,1H3,(H,24,28). The smallest absolute Gasteiger partial charge is 0.227 e. The lowest BCUT2D eigenvalue weighted by molar-refractivity contribution is -0.116. The summed E-state index contributed by atoms with van der Waals surface area (Å²) in [5.41, 5.74) is 2.82. The third-order valence-electron chi connectivity index (χ3n) is 5.02. The van der Waals surface area contributed by atoms with Gasteiger partial charge in [0.1, 0.15) is 5.82 Å². The molecule has 3 aromatic rings. The molecule has 1 aromatic carbocycles. The molecule has 2 aromatic heterocycles. The number of carbonyl (C=O) groups is 1. The van der Waals surface area contributed by atoms with Crippen molar-refractivity contribution in [3.63, 3.8) is 0 Å². The van der Waals surface area contributed by atoms with Crippen LogP contribution in [0.1, 0.15) is 24.8 Å². The third-order valence-corrected chi connectivity index (χ3v) is 5.02. The maximum Gasteiger partial charge on any atom is 0.227 e. The average molecular weight is 407 g/mol. The Hall–Kier alpha value is -3.26. The van der Waals surface area contributed by atoms with Crippen molar-refractivity contribution in [2.75, 3.05) is 36.5 Å². The Kier molecular flexibility index (Phi) is 6.34. The number of benzene rings is 1. The molecular weight excluding hydrogens is 382 g/mol. The SMILES string of the molecule is CCc1ccc(-c2noc(CCC(=O)Nc3ccc(N4CCOCC4)nc3)n2)cc1. The Balaban J connectivity index is 1.28. The Morgan fingerprint density at radius 3 is 2.63 bits per heavy atom. The van der Waals surface area contributed by atoms with Gasteiger partial charge >= 0.3 is 0 Å². The molecule has 1 fully saturated rings. The molecule has 4 rings (SSSR count). The number of carbonyl (C=O) groups excluding carboxylic acids is 1. The Labute approximate surface area is 175 Å². The number of anilines is 2. The van der Waals surface area contributed by atoms with E-state index in [1.54, 1.807) is 6.20 Å². The molecular formula is C22H25N5O3. The van der Waals surface area contributed by atoms with Crippen molar-refractivity contribution in [2.24, 2.45) is 0 Å². The van der Waals surface area contributed by atoms with Gasteiger partial charge in [0.25, 0.3) is 0 Å². The zero-order valence-electron chi connectivity index (χ0n) is 17.0. The predicted molar refractivity (Wildman–Crippen MR) is 113 cm³/mol. The van der Waals surface area contributed by atoms with E-state index in [-0.39, 0.29) is 12.3 Å². The first-order valence-electron chi connectivity index (χ1n) is 10.2. The molecule has 156 valence electrons. The number of nitrogens with zero attached hydrogens (tertiary/aromatic N) is 4. The maximum absolute atomic E-state index is 12.3. The summed E-state index contributed by atoms with van der Waals surface area (Å²) >= 11 is 0. The van der Waals surface area contributed by atoms with Gasteiger partial charge in [-0.25, -0.2) is 4.98 Å². The van der Waals surface area contributed by atoms with Gasteiger partial charge in [0.05, 0.1) is 25.1 Å². The molecule has 1 aliphatic heterocycles. The molecule has 8 nitrogen and oxygen atoms in total. The highest BCUT2D eigenvalue weighted by molar-refractivity contribution is 5.90. The van der Waals surface area contributed by atoms with Crippen molar-refractivity contribution in [3.8, 4) is 11.4 Å². The highest BCUT2D eigenvalue weighted by Gasteiger charge is 2.13. The minimum Gasteiger partial charge on any atom is -0.378 e. The number of hydrogen-bond acceptors (Lipinski definition) is 7. The van der Waals surface area contributed by atoms with E-state index in [2.05, 4.69) is 44.4 Å². The van der Waals surface area contributed by atoms with E-state index in [1.807, 2.05) is 24.3 Å². The summed E-state index contributed by atoms with van der Waals surface area (Å²) in [6.07, 6.45) is 3.29. The Morgan fingerprint density at radius 2 is 1.93 bits per heavy atom. The zero-order chi connectivity index (χ0) is 20.8. The molecule has 1 amide bonds. The van der Waals surface area contributed by atoms with E-state index in [1.165, 1.54) is 5.56 Å². The molecule has 0 radical (unpaired) electrons. The number of pyridine rings is 1. The highest BCUT2D eigenvalue weighted by Crippen LogP contribution is 2.18. The molecule has 8 heteroatoms. The molecule has 0 bridgehead atoms. The van der Waals surface area contributed by atoms with Crippen LogP contribution in [0.3, 0.4) is 0 Å². The second-order valence-corrected chi connectivity index (χ2v) is 7.11. The minimum atomic E-state index is -0.122. The molecule has 0 saturated carbocycles. The number of morpholine rings is 1. The molecule has 1 saturated heterocycles. The van der Waals surface area contributed by atoms with Gasteiger partial charge in [-0.05, 0) is 24.1 Å². The second-order valence-electron chi connectivity index (χ2n) is 7.11. The van der Waals surface area contributed by atoms with Crippen molar-refractivity contribution < 1.29 is 14.1 Å². The predicted octanol–water partition coefficient (Wildman–Crippen LogP) is 3.10. The first-order valence-corrected chi connectivity index (χ1v) is 10.2. The van der Waals surface area contributed by atoms with Crippen LogP contribution in [0.15, 0.2) is 47.1 Å². The number of nitrogens with one attached hydrogen (secondary N) is 1. The van der Waals surface area contributed by atoms with Gasteiger partial charge in [-0.15, -0.1) is 0 Å². The maximum atomic E-state index is 12.3. The third kappa shape index (κ3) is 5.01. The van der Waals surface area contributed by atoms with Crippen LogP contribution in [-0.2, 0) is 22.4 Å². The van der Waals surface area contributed by atoms with Crippen molar-refractivity contribution in [3.05, 3.63) is 54.0 Å². The van der Waals surface area contributed by atoms with E-state index in [9.17, 15) is 4.79 Å². The number of ether oxygens (including phenoxy) is 1. The number of aryl methyl sites for hydroxylation is 2. The van der Waals surface area contributed by atoms with Gasteiger partial charge < -0.3 is 19.5 Å². The van der Waals surface area contributed by atoms with Crippen molar-refractivity contribution in [1.29, 1.82) is 0 Å². The molecule has 0 aliphatic carbocycles. The van der Waals surface area contributed by atoms with Gasteiger partial charge in [-0.3, -0.25) is 4.79 Å². The Morgan fingerprint density at radius 1 is 1.13 bits per heavy atom. The molecule has 0 unspecified atom stereocenters. The lowest BCUT2D eigenvalue weighted by Crippen LogP contribution is -2.36. The van der Waals surface area contributed by atoms with Crippen molar-refractivity contribution >= 4 is 17.4 Å². The van der Waals surface area contributed by atoms with Gasteiger partial charge in [-0.2, -0.15) is 4.98 Å². The van der Waals surface area contributed by atoms with Crippen LogP contribution < -0.4 is 10.2 Å². The fourth-order valence-corrected chi connectivity index (χ4v) is 3.25. The van der Waals surface area contributed by atoms with Gasteiger partial charge in [0, 0.05) is 31.5 Å². The topological polar surface area (TPSA) is 93.4 Å². The molecule has 0 spiro atoms. The van der Waals surface area contributed by atoms with E-state index in [4.69, 9.17) is 9.26 Å². The van der Waals surface area contributed by atoms with Crippen LogP contribution in [0.4, 0.5) is 11.5 Å². The van der Waals surface area contributed by atoms with Gasteiger partial charge in [-0.1, -0.05) is 36.3 Å². The fraction of sp³-hybridized carbons (Fsp3) is 0.364. The summed E-state index contributed by atoms with van der Waals surface area (Å²) in [7, 11) is 0. The van der Waals surface area contributed by atoms with Crippen molar-refractivity contribution in [1.82, 2.24) is 15.1 Å². The lowest BCUT2D eigenvalue weighted by Gasteiger charge is -2.27.